The molecule has 0 aliphatic carbocycles. The van der Waals surface area contributed by atoms with E-state index in [0.29, 0.717) is 6.54 Å². The zero-order valence-corrected chi connectivity index (χ0v) is 13.5. The molecule has 1 aromatic heterocycles. The number of carbonyl (C=O) groups is 1. The molecule has 2 aliphatic rings. The number of ether oxygens (including phenoxy) is 1. The molecule has 2 saturated heterocycles. The minimum atomic E-state index is -0.974. The Bertz CT molecular complexity index is 532. The Labute approximate surface area is 137 Å². The van der Waals surface area contributed by atoms with E-state index in [0.717, 1.165) is 38.4 Å². The maximum atomic E-state index is 11.0. The molecule has 0 radical (unpaired) electrons. The summed E-state index contributed by atoms with van der Waals surface area (Å²) in [5.74, 6) is -0.974. The molecule has 1 N–H and O–H groups in total. The highest BCUT2D eigenvalue weighted by molar-refractivity contribution is 5.85. The molecular formula is C17H25N3O3. The van der Waals surface area contributed by atoms with Gasteiger partial charge in [0.05, 0.1) is 11.8 Å². The number of hydrogen-bond donors (Lipinski definition) is 1. The molecule has 2 fully saturated rings. The second-order valence-electron chi connectivity index (χ2n) is 6.41. The van der Waals surface area contributed by atoms with E-state index < -0.39 is 5.97 Å². The number of nitrogens with zero attached hydrogens (tertiary/aromatic N) is 3. The van der Waals surface area contributed by atoms with Crippen LogP contribution in [-0.2, 0) is 11.3 Å². The van der Waals surface area contributed by atoms with Crippen LogP contribution in [0.4, 0.5) is 0 Å². The van der Waals surface area contributed by atoms with E-state index in [9.17, 15) is 4.79 Å². The van der Waals surface area contributed by atoms with E-state index in [1.54, 1.807) is 6.07 Å². The Morgan fingerprint density at radius 2 is 2.00 bits per heavy atom. The average Bonchev–Trinajstić information content (AvgIpc) is 2.94. The summed E-state index contributed by atoms with van der Waals surface area (Å²) in [6.45, 7) is 6.70. The third kappa shape index (κ3) is 4.73. The predicted molar refractivity (Wildman–Crippen MR) is 86.5 cm³/mol. The van der Waals surface area contributed by atoms with Crippen LogP contribution in [0.5, 0.6) is 0 Å². The molecule has 0 bridgehead atoms. The summed E-state index contributed by atoms with van der Waals surface area (Å²) in [6.07, 6.45) is 3.83. The highest BCUT2D eigenvalue weighted by atomic mass is 16.5. The highest BCUT2D eigenvalue weighted by Gasteiger charge is 2.23. The van der Waals surface area contributed by atoms with Crippen molar-refractivity contribution < 1.29 is 14.6 Å². The predicted octanol–water partition coefficient (Wildman–Crippen LogP) is 1.47. The van der Waals surface area contributed by atoms with E-state index in [1.165, 1.54) is 32.0 Å². The molecule has 0 saturated carbocycles. The average molecular weight is 319 g/mol. The van der Waals surface area contributed by atoms with Crippen LogP contribution in [0.1, 0.15) is 35.4 Å². The Kier molecular flexibility index (Phi) is 5.59. The van der Waals surface area contributed by atoms with E-state index in [1.807, 2.05) is 6.07 Å². The fourth-order valence-electron chi connectivity index (χ4n) is 3.39. The lowest BCUT2D eigenvalue weighted by molar-refractivity contribution is 0.0306. The van der Waals surface area contributed by atoms with E-state index in [4.69, 9.17) is 9.84 Å². The minimum absolute atomic E-state index is 0.113. The second-order valence-corrected chi connectivity index (χ2v) is 6.41. The molecule has 0 amide bonds. The number of aromatic carboxylic acids is 1. The fourth-order valence-corrected chi connectivity index (χ4v) is 3.39. The summed E-state index contributed by atoms with van der Waals surface area (Å²) < 4.78 is 6.00. The van der Waals surface area contributed by atoms with Crippen LogP contribution in [-0.4, -0.2) is 71.3 Å². The smallest absolute Gasteiger partial charge is 0.354 e. The maximum absolute atomic E-state index is 11.0. The third-order valence-electron chi connectivity index (χ3n) is 4.51. The van der Waals surface area contributed by atoms with Crippen molar-refractivity contribution in [2.24, 2.45) is 0 Å². The Balaban J connectivity index is 1.59. The summed E-state index contributed by atoms with van der Waals surface area (Å²) in [5.41, 5.74) is 0.925. The van der Waals surface area contributed by atoms with Gasteiger partial charge in [-0.3, -0.25) is 4.90 Å². The molecule has 6 heteroatoms. The molecular weight excluding hydrogens is 294 g/mol. The lowest BCUT2D eigenvalue weighted by Gasteiger charge is -2.26. The monoisotopic (exact) mass is 319 g/mol. The topological polar surface area (TPSA) is 65.9 Å². The largest absolute Gasteiger partial charge is 0.477 e. The first-order valence-electron chi connectivity index (χ1n) is 8.46. The van der Waals surface area contributed by atoms with Crippen LogP contribution >= 0.6 is 0 Å². The van der Waals surface area contributed by atoms with Crippen molar-refractivity contribution in [1.29, 1.82) is 0 Å². The summed E-state index contributed by atoms with van der Waals surface area (Å²) in [7, 11) is 0. The summed E-state index contributed by atoms with van der Waals surface area (Å²) in [6, 6.07) is 5.20. The standard InChI is InChI=1S/C17H25N3O3/c21-17(22)16-6-3-5-14(18-16)11-20-9-4-10-23-15(13-20)12-19-7-1-2-8-19/h3,5-6,15H,1-2,4,7-13H2,(H,21,22). The van der Waals surface area contributed by atoms with Crippen LogP contribution in [0.25, 0.3) is 0 Å². The van der Waals surface area contributed by atoms with Crippen molar-refractivity contribution >= 4 is 5.97 Å². The van der Waals surface area contributed by atoms with E-state index >= 15 is 0 Å². The van der Waals surface area contributed by atoms with Crippen molar-refractivity contribution in [2.45, 2.75) is 31.9 Å². The lowest BCUT2D eigenvalue weighted by Crippen LogP contribution is -2.39. The zero-order chi connectivity index (χ0) is 16.1. The van der Waals surface area contributed by atoms with Crippen molar-refractivity contribution in [1.82, 2.24) is 14.8 Å². The first-order chi connectivity index (χ1) is 11.2. The summed E-state index contributed by atoms with van der Waals surface area (Å²) >= 11 is 0. The summed E-state index contributed by atoms with van der Waals surface area (Å²) in [5, 5.41) is 9.06. The van der Waals surface area contributed by atoms with Gasteiger partial charge in [0.2, 0.25) is 0 Å². The lowest BCUT2D eigenvalue weighted by atomic mass is 10.2. The Morgan fingerprint density at radius 1 is 1.22 bits per heavy atom. The minimum Gasteiger partial charge on any atom is -0.477 e. The quantitative estimate of drug-likeness (QED) is 0.886. The van der Waals surface area contributed by atoms with Crippen molar-refractivity contribution in [3.8, 4) is 0 Å². The Morgan fingerprint density at radius 3 is 2.78 bits per heavy atom. The number of aromatic nitrogens is 1. The van der Waals surface area contributed by atoms with Crippen LogP contribution in [0.2, 0.25) is 0 Å². The van der Waals surface area contributed by atoms with Crippen LogP contribution in [0.15, 0.2) is 18.2 Å². The van der Waals surface area contributed by atoms with E-state index in [2.05, 4.69) is 14.8 Å². The van der Waals surface area contributed by atoms with Crippen molar-refractivity contribution in [3.05, 3.63) is 29.6 Å². The first-order valence-corrected chi connectivity index (χ1v) is 8.46. The van der Waals surface area contributed by atoms with Gasteiger partial charge in [0.1, 0.15) is 5.69 Å². The molecule has 0 spiro atoms. The Hall–Kier alpha value is -1.50. The van der Waals surface area contributed by atoms with Gasteiger partial charge in [-0.15, -0.1) is 0 Å². The van der Waals surface area contributed by atoms with Gasteiger partial charge >= 0.3 is 5.97 Å². The summed E-state index contributed by atoms with van der Waals surface area (Å²) in [4.78, 5) is 20.1. The van der Waals surface area contributed by atoms with Gasteiger partial charge in [-0.25, -0.2) is 9.78 Å². The fraction of sp³-hybridized carbons (Fsp3) is 0.647. The molecule has 6 nitrogen and oxygen atoms in total. The number of carboxylic acid groups (broad SMARTS) is 1. The van der Waals surface area contributed by atoms with Gasteiger partial charge in [-0.1, -0.05) is 6.07 Å². The number of rotatable bonds is 5. The molecule has 2 aliphatic heterocycles. The third-order valence-corrected chi connectivity index (χ3v) is 4.51. The number of hydrogen-bond acceptors (Lipinski definition) is 5. The van der Waals surface area contributed by atoms with Gasteiger partial charge < -0.3 is 14.7 Å². The molecule has 0 aromatic carbocycles. The van der Waals surface area contributed by atoms with Gasteiger partial charge in [-0.2, -0.15) is 0 Å². The second kappa shape index (κ2) is 7.86. The van der Waals surface area contributed by atoms with Gasteiger partial charge in [0.25, 0.3) is 0 Å². The maximum Gasteiger partial charge on any atom is 0.354 e. The molecule has 1 unspecified atom stereocenters. The molecule has 3 heterocycles. The van der Waals surface area contributed by atoms with Crippen molar-refractivity contribution in [2.75, 3.05) is 39.3 Å². The van der Waals surface area contributed by atoms with Crippen LogP contribution < -0.4 is 0 Å². The molecule has 126 valence electrons. The molecule has 23 heavy (non-hydrogen) atoms. The number of likely N-dealkylation sites (tertiary alicyclic amines) is 1. The van der Waals surface area contributed by atoms with Gasteiger partial charge in [-0.05, 0) is 44.5 Å². The van der Waals surface area contributed by atoms with E-state index in [-0.39, 0.29) is 11.8 Å². The first kappa shape index (κ1) is 16.4. The van der Waals surface area contributed by atoms with Gasteiger partial charge in [0.15, 0.2) is 0 Å². The van der Waals surface area contributed by atoms with Crippen molar-refractivity contribution in [3.63, 3.8) is 0 Å². The molecule has 3 rings (SSSR count). The molecule has 1 aromatic rings. The normalized spacial score (nSPS) is 23.7. The van der Waals surface area contributed by atoms with Crippen LogP contribution in [0.3, 0.4) is 0 Å². The molecule has 1 atom stereocenters. The number of carboxylic acids is 1. The highest BCUT2D eigenvalue weighted by Crippen LogP contribution is 2.14. The number of pyridine rings is 1. The van der Waals surface area contributed by atoms with Gasteiger partial charge in [0, 0.05) is 32.8 Å². The zero-order valence-electron chi connectivity index (χ0n) is 13.5. The SMILES string of the molecule is O=C(O)c1cccc(CN2CCCOC(CN3CCCC3)C2)n1. The van der Waals surface area contributed by atoms with Crippen LogP contribution in [0, 0.1) is 0 Å².